The second-order valence-corrected chi connectivity index (χ2v) is 5.82. The van der Waals surface area contributed by atoms with Gasteiger partial charge in [0.1, 0.15) is 5.75 Å². The summed E-state index contributed by atoms with van der Waals surface area (Å²) in [5.41, 5.74) is 1.26. The molecule has 2 aromatic carbocycles. The van der Waals surface area contributed by atoms with Gasteiger partial charge in [0, 0.05) is 12.8 Å². The van der Waals surface area contributed by atoms with Crippen molar-refractivity contribution in [3.8, 4) is 5.75 Å². The Morgan fingerprint density at radius 3 is 2.54 bits per heavy atom. The Labute approximate surface area is 162 Å². The van der Waals surface area contributed by atoms with E-state index in [9.17, 15) is 19.5 Å². The monoisotopic (exact) mass is 386 g/mol. The first-order valence-corrected chi connectivity index (χ1v) is 8.60. The van der Waals surface area contributed by atoms with Crippen LogP contribution in [0.15, 0.2) is 42.5 Å². The molecule has 2 rings (SSSR count). The van der Waals surface area contributed by atoms with Gasteiger partial charge in [0.05, 0.1) is 30.9 Å². The van der Waals surface area contributed by atoms with Gasteiger partial charge >= 0.3 is 5.97 Å². The van der Waals surface area contributed by atoms with E-state index in [1.54, 1.807) is 30.3 Å². The molecule has 0 unspecified atom stereocenters. The molecule has 148 valence electrons. The van der Waals surface area contributed by atoms with Crippen LogP contribution in [0.3, 0.4) is 0 Å². The summed E-state index contributed by atoms with van der Waals surface area (Å²) in [6.45, 7) is 2.14. The molecule has 0 fully saturated rings. The molecular weight excluding hydrogens is 364 g/mol. The molecule has 0 saturated heterocycles. The minimum atomic E-state index is -1.12. The normalized spacial score (nSPS) is 10.2. The molecule has 0 aliphatic carbocycles. The van der Waals surface area contributed by atoms with Crippen LogP contribution >= 0.6 is 0 Å². The average molecular weight is 386 g/mol. The third-order valence-electron chi connectivity index (χ3n) is 3.68. The minimum absolute atomic E-state index is 0.0273. The van der Waals surface area contributed by atoms with Crippen molar-refractivity contribution >= 4 is 23.5 Å². The zero-order valence-electron chi connectivity index (χ0n) is 15.7. The highest BCUT2D eigenvalue weighted by atomic mass is 16.5. The molecule has 8 nitrogen and oxygen atoms in total. The van der Waals surface area contributed by atoms with Crippen molar-refractivity contribution in [1.82, 2.24) is 5.32 Å². The first kappa shape index (κ1) is 20.9. The number of hydrogen-bond acceptors (Lipinski definition) is 5. The lowest BCUT2D eigenvalue weighted by molar-refractivity contribution is -0.115. The topological polar surface area (TPSA) is 114 Å². The highest BCUT2D eigenvalue weighted by Crippen LogP contribution is 2.18. The van der Waals surface area contributed by atoms with Gasteiger partial charge < -0.3 is 25.2 Å². The number of carboxylic acids is 1. The summed E-state index contributed by atoms with van der Waals surface area (Å²) < 4.78 is 10.4. The van der Waals surface area contributed by atoms with Gasteiger partial charge in [0.2, 0.25) is 5.91 Å². The van der Waals surface area contributed by atoms with Gasteiger partial charge in [-0.2, -0.15) is 0 Å². The SMILES string of the molecule is CCOc1ccccc1C(=O)NCC(=O)Nc1cc(COC)cc(C(=O)O)c1. The zero-order valence-corrected chi connectivity index (χ0v) is 15.7. The van der Waals surface area contributed by atoms with E-state index in [4.69, 9.17) is 9.47 Å². The van der Waals surface area contributed by atoms with Gasteiger partial charge in [0.25, 0.3) is 5.91 Å². The number of rotatable bonds is 9. The smallest absolute Gasteiger partial charge is 0.335 e. The number of nitrogens with one attached hydrogen (secondary N) is 2. The number of anilines is 1. The summed E-state index contributed by atoms with van der Waals surface area (Å²) in [6, 6.07) is 11.1. The molecule has 0 aliphatic rings. The summed E-state index contributed by atoms with van der Waals surface area (Å²) in [5.74, 6) is -1.62. The number of methoxy groups -OCH3 is 1. The molecule has 2 aromatic rings. The van der Waals surface area contributed by atoms with Crippen molar-refractivity contribution in [2.75, 3.05) is 25.6 Å². The quantitative estimate of drug-likeness (QED) is 0.609. The van der Waals surface area contributed by atoms with E-state index in [1.165, 1.54) is 19.2 Å². The molecule has 0 aliphatic heterocycles. The summed E-state index contributed by atoms with van der Waals surface area (Å²) in [7, 11) is 1.49. The molecule has 2 amide bonds. The van der Waals surface area contributed by atoms with Crippen LogP contribution in [0.1, 0.15) is 33.2 Å². The Kier molecular flexibility index (Phi) is 7.53. The predicted octanol–water partition coefficient (Wildman–Crippen LogP) is 2.30. The fourth-order valence-corrected chi connectivity index (χ4v) is 2.53. The highest BCUT2D eigenvalue weighted by molar-refractivity contribution is 6.01. The fraction of sp³-hybridized carbons (Fsp3) is 0.250. The minimum Gasteiger partial charge on any atom is -0.493 e. The molecule has 0 atom stereocenters. The van der Waals surface area contributed by atoms with Crippen LogP contribution in [0.2, 0.25) is 0 Å². The van der Waals surface area contributed by atoms with Crippen molar-refractivity contribution < 1.29 is 29.0 Å². The number of carbonyl (C=O) groups excluding carboxylic acids is 2. The Morgan fingerprint density at radius 1 is 1.11 bits per heavy atom. The molecule has 0 bridgehead atoms. The van der Waals surface area contributed by atoms with Crippen LogP contribution in [0.25, 0.3) is 0 Å². The first-order valence-electron chi connectivity index (χ1n) is 8.60. The maximum absolute atomic E-state index is 12.3. The number of ether oxygens (including phenoxy) is 2. The summed E-state index contributed by atoms with van der Waals surface area (Å²) in [5, 5.41) is 14.3. The molecule has 0 saturated carbocycles. The predicted molar refractivity (Wildman–Crippen MR) is 103 cm³/mol. The Bertz CT molecular complexity index is 866. The van der Waals surface area contributed by atoms with Crippen LogP contribution in [-0.4, -0.2) is 43.2 Å². The lowest BCUT2D eigenvalue weighted by atomic mass is 10.1. The number of para-hydroxylation sites is 1. The number of benzene rings is 2. The fourth-order valence-electron chi connectivity index (χ4n) is 2.53. The molecule has 0 spiro atoms. The molecular formula is C20H22N2O6. The van der Waals surface area contributed by atoms with E-state index >= 15 is 0 Å². The number of carboxylic acid groups (broad SMARTS) is 1. The van der Waals surface area contributed by atoms with E-state index in [0.29, 0.717) is 29.2 Å². The van der Waals surface area contributed by atoms with Crippen LogP contribution < -0.4 is 15.4 Å². The Balaban J connectivity index is 2.02. The van der Waals surface area contributed by atoms with Crippen LogP contribution in [0.5, 0.6) is 5.75 Å². The van der Waals surface area contributed by atoms with Crippen molar-refractivity contribution in [2.45, 2.75) is 13.5 Å². The second kappa shape index (κ2) is 10.1. The van der Waals surface area contributed by atoms with E-state index in [-0.39, 0.29) is 18.7 Å². The van der Waals surface area contributed by atoms with E-state index in [1.807, 2.05) is 6.92 Å². The zero-order chi connectivity index (χ0) is 20.5. The number of hydrogen-bond donors (Lipinski definition) is 3. The Hall–Kier alpha value is -3.39. The van der Waals surface area contributed by atoms with Crippen LogP contribution in [0, 0.1) is 0 Å². The largest absolute Gasteiger partial charge is 0.493 e. The number of amides is 2. The summed E-state index contributed by atoms with van der Waals surface area (Å²) >= 11 is 0. The van der Waals surface area contributed by atoms with Gasteiger partial charge in [-0.05, 0) is 42.8 Å². The van der Waals surface area contributed by atoms with Gasteiger partial charge in [-0.3, -0.25) is 9.59 Å². The summed E-state index contributed by atoms with van der Waals surface area (Å²) in [4.78, 5) is 35.7. The molecule has 28 heavy (non-hydrogen) atoms. The first-order chi connectivity index (χ1) is 13.4. The van der Waals surface area contributed by atoms with E-state index < -0.39 is 17.8 Å². The Morgan fingerprint density at radius 2 is 1.86 bits per heavy atom. The second-order valence-electron chi connectivity index (χ2n) is 5.82. The third-order valence-corrected chi connectivity index (χ3v) is 3.68. The molecule has 0 radical (unpaired) electrons. The van der Waals surface area contributed by atoms with Gasteiger partial charge in [-0.25, -0.2) is 4.79 Å². The van der Waals surface area contributed by atoms with Crippen molar-refractivity contribution in [1.29, 1.82) is 0 Å². The lowest BCUT2D eigenvalue weighted by Gasteiger charge is -2.11. The number of aromatic carboxylic acids is 1. The van der Waals surface area contributed by atoms with E-state index in [0.717, 1.165) is 0 Å². The maximum atomic E-state index is 12.3. The van der Waals surface area contributed by atoms with Crippen molar-refractivity contribution in [2.24, 2.45) is 0 Å². The number of carbonyl (C=O) groups is 3. The van der Waals surface area contributed by atoms with E-state index in [2.05, 4.69) is 10.6 Å². The highest BCUT2D eigenvalue weighted by Gasteiger charge is 2.14. The molecule has 0 aromatic heterocycles. The van der Waals surface area contributed by atoms with Gasteiger partial charge in [-0.1, -0.05) is 12.1 Å². The average Bonchev–Trinajstić information content (AvgIpc) is 2.67. The molecule has 3 N–H and O–H groups in total. The lowest BCUT2D eigenvalue weighted by Crippen LogP contribution is -2.33. The van der Waals surface area contributed by atoms with Crippen LogP contribution in [-0.2, 0) is 16.1 Å². The third kappa shape index (κ3) is 5.82. The van der Waals surface area contributed by atoms with Crippen LogP contribution in [0.4, 0.5) is 5.69 Å². The van der Waals surface area contributed by atoms with Gasteiger partial charge in [0.15, 0.2) is 0 Å². The van der Waals surface area contributed by atoms with Gasteiger partial charge in [-0.15, -0.1) is 0 Å². The summed E-state index contributed by atoms with van der Waals surface area (Å²) in [6.07, 6.45) is 0. The molecule has 0 heterocycles. The standard InChI is InChI=1S/C20H22N2O6/c1-3-28-17-7-5-4-6-16(17)19(24)21-11-18(23)22-15-9-13(12-27-2)8-14(10-15)20(25)26/h4-10H,3,11-12H2,1-2H3,(H,21,24)(H,22,23)(H,25,26). The van der Waals surface area contributed by atoms with Crippen molar-refractivity contribution in [3.05, 3.63) is 59.2 Å². The van der Waals surface area contributed by atoms with Crippen molar-refractivity contribution in [3.63, 3.8) is 0 Å². The maximum Gasteiger partial charge on any atom is 0.335 e. The molecule has 8 heteroatoms.